The van der Waals surface area contributed by atoms with Gasteiger partial charge in [-0.3, -0.25) is 38.4 Å². The van der Waals surface area contributed by atoms with Crippen LogP contribution in [0.3, 0.4) is 0 Å². The minimum absolute atomic E-state index is 0.0365. The number of hydrogen-bond donors (Lipinski definition) is 8. The number of carbonyl (C=O) groups is 8. The van der Waals surface area contributed by atoms with Crippen molar-refractivity contribution in [1.29, 1.82) is 0 Å². The van der Waals surface area contributed by atoms with Gasteiger partial charge in [0.05, 0.1) is 24.8 Å². The van der Waals surface area contributed by atoms with Gasteiger partial charge in [0.25, 0.3) is 0 Å². The van der Waals surface area contributed by atoms with Crippen LogP contribution in [0, 0.1) is 29.1 Å². The van der Waals surface area contributed by atoms with E-state index in [2.05, 4.69) is 26.0 Å². The van der Waals surface area contributed by atoms with E-state index >= 15 is 0 Å². The van der Waals surface area contributed by atoms with Gasteiger partial charge in [-0.15, -0.1) is 0 Å². The average molecular weight is 794 g/mol. The van der Waals surface area contributed by atoms with Crippen molar-refractivity contribution in [3.8, 4) is 5.75 Å². The Balaban J connectivity index is 1.71. The van der Waals surface area contributed by atoms with Crippen LogP contribution in [0.4, 0.5) is 0 Å². The number of carboxylic acid groups (broad SMARTS) is 2. The Bertz CT molecular complexity index is 1760. The minimum atomic E-state index is -4.18. The van der Waals surface area contributed by atoms with Crippen LogP contribution in [0.5, 0.6) is 5.75 Å². The Morgan fingerprint density at radius 2 is 1.44 bits per heavy atom. The molecule has 0 radical (unpaired) electrons. The quantitative estimate of drug-likeness (QED) is 0.0790. The summed E-state index contributed by atoms with van der Waals surface area (Å²) >= 11 is 0. The molecule has 2 bridgehead atoms. The summed E-state index contributed by atoms with van der Waals surface area (Å²) in [5.41, 5.74) is 0.186. The number of ketones is 2. The van der Waals surface area contributed by atoms with Gasteiger partial charge in [0.1, 0.15) is 29.7 Å². The lowest BCUT2D eigenvalue weighted by molar-refractivity contribution is -0.141. The number of amides is 4. The number of benzene rings is 1. The number of phenols is 1. The molecule has 7 unspecified atom stereocenters. The number of aromatic hydroxyl groups is 1. The number of nitrogens with one attached hydrogen (secondary N) is 5. The van der Waals surface area contributed by atoms with Crippen molar-refractivity contribution in [2.75, 3.05) is 12.3 Å². The summed E-state index contributed by atoms with van der Waals surface area (Å²) in [5, 5.41) is 37.9. The van der Waals surface area contributed by atoms with Crippen LogP contribution in [-0.4, -0.2) is 107 Å². The highest BCUT2D eigenvalue weighted by atomic mass is 32.2. The third kappa shape index (κ3) is 12.3. The second-order valence-electron chi connectivity index (χ2n) is 15.1. The summed E-state index contributed by atoms with van der Waals surface area (Å²) in [6, 6.07) is -0.194. The lowest BCUT2D eigenvalue weighted by atomic mass is 9.80. The summed E-state index contributed by atoms with van der Waals surface area (Å²) in [5.74, 6) is -9.81. The van der Waals surface area contributed by atoms with E-state index in [-0.39, 0.29) is 35.2 Å². The number of rotatable bonds is 21. The maximum atomic E-state index is 13.5. The van der Waals surface area contributed by atoms with Crippen LogP contribution >= 0.6 is 0 Å². The number of carboxylic acids is 2. The largest absolute Gasteiger partial charge is 0.508 e. The Morgan fingerprint density at radius 1 is 0.836 bits per heavy atom. The van der Waals surface area contributed by atoms with Crippen LogP contribution in [-0.2, 0) is 54.8 Å². The Kier molecular flexibility index (Phi) is 15.1. The number of sulfonamides is 1. The molecule has 7 atom stereocenters. The Morgan fingerprint density at radius 3 is 1.96 bits per heavy atom. The molecule has 19 heteroatoms. The molecule has 18 nitrogen and oxygen atoms in total. The highest BCUT2D eigenvalue weighted by Crippen LogP contribution is 2.58. The summed E-state index contributed by atoms with van der Waals surface area (Å²) in [7, 11) is -4.18. The van der Waals surface area contributed by atoms with Crippen molar-refractivity contribution in [3.05, 3.63) is 29.8 Å². The van der Waals surface area contributed by atoms with E-state index in [1.807, 2.05) is 13.8 Å². The van der Waals surface area contributed by atoms with Crippen LogP contribution < -0.4 is 26.0 Å². The summed E-state index contributed by atoms with van der Waals surface area (Å²) < 4.78 is 28.1. The molecule has 8 N–H and O–H groups in total. The minimum Gasteiger partial charge on any atom is -0.508 e. The van der Waals surface area contributed by atoms with E-state index in [9.17, 15) is 62.1 Å². The van der Waals surface area contributed by atoms with Gasteiger partial charge in [0, 0.05) is 31.6 Å². The maximum absolute atomic E-state index is 13.5. The van der Waals surface area contributed by atoms with E-state index in [1.165, 1.54) is 38.1 Å². The first-order valence-corrected chi connectivity index (χ1v) is 19.6. The molecular weight excluding hydrogens is 742 g/mol. The molecule has 0 saturated heterocycles. The first-order valence-electron chi connectivity index (χ1n) is 18.0. The number of aliphatic carboxylic acids is 2. The van der Waals surface area contributed by atoms with Crippen LogP contribution in [0.15, 0.2) is 24.3 Å². The molecule has 55 heavy (non-hydrogen) atoms. The fourth-order valence-electron chi connectivity index (χ4n) is 7.43. The number of fused-ring (bicyclic) bond motifs is 2. The van der Waals surface area contributed by atoms with Crippen molar-refractivity contribution in [3.63, 3.8) is 0 Å². The lowest BCUT2D eigenvalue weighted by Gasteiger charge is -2.28. The third-order valence-electron chi connectivity index (χ3n) is 10.4. The molecule has 2 fully saturated rings. The zero-order valence-electron chi connectivity index (χ0n) is 31.4. The second kappa shape index (κ2) is 18.6. The molecule has 4 amide bonds. The number of carbonyl (C=O) groups excluding carboxylic acids is 6. The maximum Gasteiger partial charge on any atom is 0.305 e. The van der Waals surface area contributed by atoms with Gasteiger partial charge in [0.15, 0.2) is 5.78 Å². The van der Waals surface area contributed by atoms with E-state index in [1.54, 1.807) is 0 Å². The standard InChI is InChI=1S/C36H51N5O13S/c1-18(2)31(41-33(50)25(12-13-29(45)46)39-34(51)27(38-19(3)42)14-20-6-8-21(43)9-7-20)35(52)40-26(15-30(47)48)28(44)16-37-55(53,54)17-22-23-10-11-24(32(22)49)36(23,4)5/h6-9,18,22-27,31,37,43H,10-17H2,1-5H3,(H,38,42)(H,39,51)(H,40,52)(H,41,50)(H,45,46)(H,47,48). The molecule has 3 rings (SSSR count). The fraction of sp³-hybridized carbons (Fsp3) is 0.611. The lowest BCUT2D eigenvalue weighted by Crippen LogP contribution is -2.59. The predicted molar refractivity (Wildman–Crippen MR) is 194 cm³/mol. The predicted octanol–water partition coefficient (Wildman–Crippen LogP) is -0.371. The third-order valence-corrected chi connectivity index (χ3v) is 11.7. The Hall–Kier alpha value is -4.91. The molecule has 2 aliphatic rings. The summed E-state index contributed by atoms with van der Waals surface area (Å²) in [4.78, 5) is 101. The highest BCUT2D eigenvalue weighted by molar-refractivity contribution is 7.89. The first-order chi connectivity index (χ1) is 25.5. The van der Waals surface area contributed by atoms with Crippen molar-refractivity contribution in [1.82, 2.24) is 26.0 Å². The average Bonchev–Trinajstić information content (AvgIpc) is 3.47. The molecule has 0 spiro atoms. The molecule has 0 aromatic heterocycles. The molecule has 1 aromatic carbocycles. The molecule has 304 valence electrons. The molecule has 0 heterocycles. The number of phenolic OH excluding ortho intramolecular Hbond substituents is 1. The van der Waals surface area contributed by atoms with Gasteiger partial charge >= 0.3 is 11.9 Å². The van der Waals surface area contributed by atoms with Crippen molar-refractivity contribution < 1.29 is 62.1 Å². The highest BCUT2D eigenvalue weighted by Gasteiger charge is 2.59. The summed E-state index contributed by atoms with van der Waals surface area (Å²) in [6.45, 7) is 7.16. The van der Waals surface area contributed by atoms with Crippen LogP contribution in [0.25, 0.3) is 0 Å². The second-order valence-corrected chi connectivity index (χ2v) is 17.0. The Labute approximate surface area is 319 Å². The number of Topliss-reactive ketones (excluding diaryl/α,β-unsaturated/α-hetero) is 2. The van der Waals surface area contributed by atoms with Crippen molar-refractivity contribution >= 4 is 57.2 Å². The van der Waals surface area contributed by atoms with Gasteiger partial charge in [-0.05, 0) is 54.2 Å². The molecule has 2 aliphatic carbocycles. The van der Waals surface area contributed by atoms with Crippen molar-refractivity contribution in [2.24, 2.45) is 29.1 Å². The van der Waals surface area contributed by atoms with Gasteiger partial charge in [-0.2, -0.15) is 0 Å². The van der Waals surface area contributed by atoms with E-state index in [0.717, 1.165) is 6.92 Å². The molecule has 2 saturated carbocycles. The zero-order chi connectivity index (χ0) is 41.4. The smallest absolute Gasteiger partial charge is 0.305 e. The monoisotopic (exact) mass is 793 g/mol. The molecule has 0 aliphatic heterocycles. The first kappa shape index (κ1) is 44.5. The van der Waals surface area contributed by atoms with Crippen molar-refractivity contribution in [2.45, 2.75) is 97.3 Å². The zero-order valence-corrected chi connectivity index (χ0v) is 32.2. The van der Waals surface area contributed by atoms with Crippen LogP contribution in [0.2, 0.25) is 0 Å². The van der Waals surface area contributed by atoms with E-state index in [0.29, 0.717) is 18.4 Å². The van der Waals surface area contributed by atoms with E-state index in [4.69, 9.17) is 0 Å². The normalized spacial score (nSPS) is 20.8. The van der Waals surface area contributed by atoms with E-state index < -0.39 is 119 Å². The molecule has 1 aromatic rings. The summed E-state index contributed by atoms with van der Waals surface area (Å²) in [6.07, 6.45) is -0.633. The topological polar surface area (TPSA) is 292 Å². The number of hydrogen-bond acceptors (Lipinski definition) is 11. The van der Waals surface area contributed by atoms with Gasteiger partial charge in [-0.25, -0.2) is 13.1 Å². The fourth-order valence-corrected chi connectivity index (χ4v) is 8.78. The van der Waals surface area contributed by atoms with Gasteiger partial charge < -0.3 is 36.6 Å². The van der Waals surface area contributed by atoms with Gasteiger partial charge in [0.2, 0.25) is 33.7 Å². The SMILES string of the molecule is CC(=O)NC(Cc1ccc(O)cc1)C(=O)NC(CCC(=O)O)C(=O)NC(C(=O)NC(CC(=O)O)C(=O)CNS(=O)(=O)CC1C(=O)C2CCC1C2(C)C)C(C)C. The van der Waals surface area contributed by atoms with Gasteiger partial charge in [-0.1, -0.05) is 39.8 Å². The molecular formula is C36H51N5O13S. The van der Waals surface area contributed by atoms with Crippen LogP contribution in [0.1, 0.15) is 72.3 Å².